The van der Waals surface area contributed by atoms with Crippen molar-refractivity contribution < 1.29 is 9.90 Å². The lowest BCUT2D eigenvalue weighted by Crippen LogP contribution is -2.40. The van der Waals surface area contributed by atoms with E-state index in [2.05, 4.69) is 5.32 Å². The lowest BCUT2D eigenvalue weighted by Gasteiger charge is -2.18. The van der Waals surface area contributed by atoms with E-state index in [1.807, 2.05) is 13.8 Å². The number of phenolic OH excluding ortho intramolecular Hbond substituents is 1. The zero-order valence-corrected chi connectivity index (χ0v) is 11.7. The Balaban J connectivity index is 2.82. The first-order chi connectivity index (χ1) is 8.36. The highest BCUT2D eigenvalue weighted by molar-refractivity contribution is 6.37. The van der Waals surface area contributed by atoms with Gasteiger partial charge in [0.2, 0.25) is 5.91 Å². The predicted octanol–water partition coefficient (Wildman–Crippen LogP) is 3.01. The van der Waals surface area contributed by atoms with Crippen LogP contribution in [0.3, 0.4) is 0 Å². The maximum atomic E-state index is 11.8. The van der Waals surface area contributed by atoms with Gasteiger partial charge in [-0.3, -0.25) is 4.79 Å². The molecule has 4 N–H and O–H groups in total. The fourth-order valence-electron chi connectivity index (χ4n) is 1.38. The fraction of sp³-hybridized carbons (Fsp3) is 0.417. The molecule has 1 aromatic carbocycles. The van der Waals surface area contributed by atoms with Crippen LogP contribution < -0.4 is 11.1 Å². The van der Waals surface area contributed by atoms with Crippen molar-refractivity contribution >= 4 is 34.8 Å². The maximum Gasteiger partial charge on any atom is 0.241 e. The topological polar surface area (TPSA) is 75.4 Å². The monoisotopic (exact) mass is 290 g/mol. The molecule has 0 fully saturated rings. The summed E-state index contributed by atoms with van der Waals surface area (Å²) in [6, 6.07) is 2.25. The number of hydrogen-bond donors (Lipinski definition) is 3. The minimum absolute atomic E-state index is 0.0769. The average molecular weight is 291 g/mol. The summed E-state index contributed by atoms with van der Waals surface area (Å²) in [6.45, 7) is 3.87. The second kappa shape index (κ2) is 6.27. The Labute approximate surface area is 116 Å². The zero-order valence-electron chi connectivity index (χ0n) is 10.2. The summed E-state index contributed by atoms with van der Waals surface area (Å²) in [5.41, 5.74) is 6.21. The van der Waals surface area contributed by atoms with Crippen molar-refractivity contribution in [1.29, 1.82) is 0 Å². The van der Waals surface area contributed by atoms with Crippen LogP contribution in [-0.4, -0.2) is 17.1 Å². The first-order valence-electron chi connectivity index (χ1n) is 5.61. The van der Waals surface area contributed by atoms with Gasteiger partial charge in [0.15, 0.2) is 5.75 Å². The third kappa shape index (κ3) is 3.51. The van der Waals surface area contributed by atoms with Gasteiger partial charge in [0.25, 0.3) is 0 Å². The van der Waals surface area contributed by atoms with Gasteiger partial charge in [-0.05, 0) is 18.1 Å². The summed E-state index contributed by atoms with van der Waals surface area (Å²) in [6.07, 6.45) is 0.811. The highest BCUT2D eigenvalue weighted by atomic mass is 35.5. The molecule has 4 nitrogen and oxygen atoms in total. The molecule has 0 spiro atoms. The highest BCUT2D eigenvalue weighted by Crippen LogP contribution is 2.34. The molecule has 2 atom stereocenters. The minimum Gasteiger partial charge on any atom is -0.505 e. The van der Waals surface area contributed by atoms with Crippen molar-refractivity contribution in [3.8, 4) is 5.75 Å². The molecule has 18 heavy (non-hydrogen) atoms. The number of rotatable bonds is 4. The van der Waals surface area contributed by atoms with Gasteiger partial charge in [0.05, 0.1) is 16.1 Å². The number of hydrogen-bond acceptors (Lipinski definition) is 3. The number of amides is 1. The van der Waals surface area contributed by atoms with Gasteiger partial charge in [-0.1, -0.05) is 43.5 Å². The molecule has 1 aromatic rings. The molecular weight excluding hydrogens is 275 g/mol. The van der Waals surface area contributed by atoms with Crippen molar-refractivity contribution in [2.75, 3.05) is 5.32 Å². The van der Waals surface area contributed by atoms with Crippen LogP contribution in [0.5, 0.6) is 5.75 Å². The molecule has 100 valence electrons. The highest BCUT2D eigenvalue weighted by Gasteiger charge is 2.20. The molecular formula is C12H16Cl2N2O2. The van der Waals surface area contributed by atoms with Gasteiger partial charge in [-0.2, -0.15) is 0 Å². The Morgan fingerprint density at radius 2 is 1.94 bits per heavy atom. The smallest absolute Gasteiger partial charge is 0.241 e. The van der Waals surface area contributed by atoms with Crippen LogP contribution >= 0.6 is 23.2 Å². The summed E-state index contributed by atoms with van der Waals surface area (Å²) >= 11 is 11.5. The number of benzene rings is 1. The van der Waals surface area contributed by atoms with Crippen molar-refractivity contribution in [2.45, 2.75) is 26.3 Å². The largest absolute Gasteiger partial charge is 0.505 e. The average Bonchev–Trinajstić information content (AvgIpc) is 2.33. The quantitative estimate of drug-likeness (QED) is 0.746. The summed E-state index contributed by atoms with van der Waals surface area (Å²) < 4.78 is 0. The third-order valence-electron chi connectivity index (χ3n) is 2.84. The number of carbonyl (C=O) groups is 1. The van der Waals surface area contributed by atoms with E-state index < -0.39 is 6.04 Å². The van der Waals surface area contributed by atoms with E-state index in [0.29, 0.717) is 5.69 Å². The normalized spacial score (nSPS) is 14.1. The van der Waals surface area contributed by atoms with Crippen molar-refractivity contribution in [3.63, 3.8) is 0 Å². The first-order valence-corrected chi connectivity index (χ1v) is 6.36. The Hall–Kier alpha value is -0.970. The van der Waals surface area contributed by atoms with Crippen molar-refractivity contribution in [2.24, 2.45) is 11.7 Å². The van der Waals surface area contributed by atoms with Crippen LogP contribution in [0.2, 0.25) is 10.0 Å². The maximum absolute atomic E-state index is 11.8. The van der Waals surface area contributed by atoms with Crippen LogP contribution in [0.25, 0.3) is 0 Å². The molecule has 0 saturated heterocycles. The van der Waals surface area contributed by atoms with Crippen molar-refractivity contribution in [3.05, 3.63) is 22.2 Å². The Kier molecular flexibility index (Phi) is 5.26. The molecule has 0 bridgehead atoms. The number of halogens is 2. The fourth-order valence-corrected chi connectivity index (χ4v) is 1.86. The second-order valence-corrected chi connectivity index (χ2v) is 5.00. The summed E-state index contributed by atoms with van der Waals surface area (Å²) in [4.78, 5) is 11.8. The molecule has 1 amide bonds. The van der Waals surface area contributed by atoms with Gasteiger partial charge in [0.1, 0.15) is 0 Å². The van der Waals surface area contributed by atoms with Gasteiger partial charge < -0.3 is 16.2 Å². The Bertz CT molecular complexity index is 429. The molecule has 2 unspecified atom stereocenters. The van der Waals surface area contributed by atoms with E-state index in [4.69, 9.17) is 28.9 Å². The molecule has 0 aromatic heterocycles. The molecule has 0 radical (unpaired) electrons. The van der Waals surface area contributed by atoms with E-state index in [-0.39, 0.29) is 27.6 Å². The zero-order chi connectivity index (χ0) is 13.9. The van der Waals surface area contributed by atoms with E-state index in [0.717, 1.165) is 6.42 Å². The van der Waals surface area contributed by atoms with Crippen molar-refractivity contribution in [1.82, 2.24) is 0 Å². The minimum atomic E-state index is -0.596. The Morgan fingerprint density at radius 1 is 1.44 bits per heavy atom. The van der Waals surface area contributed by atoms with Gasteiger partial charge in [0, 0.05) is 5.69 Å². The molecule has 6 heteroatoms. The lowest BCUT2D eigenvalue weighted by molar-refractivity contribution is -0.118. The first kappa shape index (κ1) is 15.1. The van der Waals surface area contributed by atoms with E-state index in [1.54, 1.807) is 0 Å². The molecule has 0 heterocycles. The SMILES string of the molecule is CCC(C)C(N)C(=O)Nc1cc(Cl)c(O)c(Cl)c1. The summed E-state index contributed by atoms with van der Waals surface area (Å²) in [5, 5.41) is 12.2. The van der Waals surface area contributed by atoms with Crippen LogP contribution in [-0.2, 0) is 4.79 Å². The van der Waals surface area contributed by atoms with Gasteiger partial charge >= 0.3 is 0 Å². The second-order valence-electron chi connectivity index (χ2n) is 4.19. The van der Waals surface area contributed by atoms with E-state index in [1.165, 1.54) is 12.1 Å². The standard InChI is InChI=1S/C12H16Cl2N2O2/c1-3-6(2)10(15)12(18)16-7-4-8(13)11(17)9(14)5-7/h4-6,10,17H,3,15H2,1-2H3,(H,16,18). The summed E-state index contributed by atoms with van der Waals surface area (Å²) in [5.74, 6) is -0.433. The van der Waals surface area contributed by atoms with Gasteiger partial charge in [-0.15, -0.1) is 0 Å². The van der Waals surface area contributed by atoms with E-state index >= 15 is 0 Å². The van der Waals surface area contributed by atoms with Crippen LogP contribution in [0.4, 0.5) is 5.69 Å². The molecule has 0 aliphatic heterocycles. The molecule has 0 saturated carbocycles. The number of phenols is 1. The third-order valence-corrected chi connectivity index (χ3v) is 3.42. The number of nitrogens with one attached hydrogen (secondary N) is 1. The van der Waals surface area contributed by atoms with E-state index in [9.17, 15) is 9.90 Å². The number of carbonyl (C=O) groups excluding carboxylic acids is 1. The lowest BCUT2D eigenvalue weighted by atomic mass is 9.99. The molecule has 0 aliphatic carbocycles. The Morgan fingerprint density at radius 3 is 2.39 bits per heavy atom. The van der Waals surface area contributed by atoms with Crippen LogP contribution in [0.1, 0.15) is 20.3 Å². The molecule has 1 rings (SSSR count). The number of nitrogens with two attached hydrogens (primary N) is 1. The summed E-state index contributed by atoms with van der Waals surface area (Å²) in [7, 11) is 0. The van der Waals surface area contributed by atoms with Gasteiger partial charge in [-0.25, -0.2) is 0 Å². The predicted molar refractivity (Wildman–Crippen MR) is 74.2 cm³/mol. The van der Waals surface area contributed by atoms with Crippen LogP contribution in [0.15, 0.2) is 12.1 Å². The number of aromatic hydroxyl groups is 1. The number of anilines is 1. The molecule has 0 aliphatic rings. The van der Waals surface area contributed by atoms with Crippen LogP contribution in [0, 0.1) is 5.92 Å².